The average molecular weight is 198 g/mol. The minimum absolute atomic E-state index is 0.603. The van der Waals surface area contributed by atoms with Gasteiger partial charge in [0, 0.05) is 19.3 Å². The Morgan fingerprint density at radius 1 is 1.25 bits per heavy atom. The number of hydrogen-bond acceptors (Lipinski definition) is 4. The van der Waals surface area contributed by atoms with E-state index in [9.17, 15) is 0 Å². The van der Waals surface area contributed by atoms with E-state index < -0.39 is 10.8 Å². The Bertz CT molecular complexity index is 93.9. The van der Waals surface area contributed by atoms with Crippen LogP contribution in [0.5, 0.6) is 0 Å². The van der Waals surface area contributed by atoms with Crippen LogP contribution in [0.25, 0.3) is 0 Å². The summed E-state index contributed by atoms with van der Waals surface area (Å²) in [5.74, 6) is 0. The molecule has 0 spiro atoms. The number of likely N-dealkylation sites (N-methyl/N-ethyl adjacent to an activating group) is 1. The van der Waals surface area contributed by atoms with Crippen LogP contribution < -0.4 is 4.72 Å². The summed E-state index contributed by atoms with van der Waals surface area (Å²) in [4.78, 5) is 1.97. The van der Waals surface area contributed by atoms with Gasteiger partial charge in [0.1, 0.15) is 0 Å². The lowest BCUT2D eigenvalue weighted by atomic mass is 10.6. The fourth-order valence-electron chi connectivity index (χ4n) is 0.463. The molecule has 0 saturated heterocycles. The van der Waals surface area contributed by atoms with E-state index in [4.69, 9.17) is 9.11 Å². The molecule has 0 unspecified atom stereocenters. The smallest absolute Gasteiger partial charge is 0.0416 e. The fourth-order valence-corrected chi connectivity index (χ4v) is 0.941. The Kier molecular flexibility index (Phi) is 9.58. The number of rotatable bonds is 4. The number of nitrogens with one attached hydrogen (secondary N) is 1. The second kappa shape index (κ2) is 7.82. The first kappa shape index (κ1) is 14.7. The molecule has 4 nitrogen and oxygen atoms in total. The summed E-state index contributed by atoms with van der Waals surface area (Å²) in [6.45, 7) is 5.41. The highest BCUT2D eigenvalue weighted by Gasteiger charge is 2.00. The molecule has 0 aromatic heterocycles. The van der Waals surface area contributed by atoms with Crippen LogP contribution in [-0.4, -0.2) is 47.4 Å². The van der Waals surface area contributed by atoms with Crippen molar-refractivity contribution in [2.75, 3.05) is 33.4 Å². The Balaban J connectivity index is 0. The second-order valence-electron chi connectivity index (χ2n) is 2.53. The summed E-state index contributed by atoms with van der Waals surface area (Å²) >= 11 is 0. The van der Waals surface area contributed by atoms with Crippen molar-refractivity contribution >= 4 is 10.8 Å². The van der Waals surface area contributed by atoms with Gasteiger partial charge in [-0.3, -0.25) is 9.11 Å². The number of hydrogen-bond donors (Lipinski definition) is 3. The molecule has 0 atom stereocenters. The monoisotopic (exact) mass is 198 g/mol. The molecule has 0 aliphatic rings. The summed E-state index contributed by atoms with van der Waals surface area (Å²) < 4.78 is 20.3. The summed E-state index contributed by atoms with van der Waals surface area (Å²) in [5, 5.41) is 0. The van der Waals surface area contributed by atoms with Crippen molar-refractivity contribution in [2.45, 2.75) is 13.8 Å². The third kappa shape index (κ3) is 16.6. The highest BCUT2D eigenvalue weighted by Crippen LogP contribution is 2.25. The van der Waals surface area contributed by atoms with Crippen molar-refractivity contribution in [1.29, 1.82) is 0 Å². The third-order valence-corrected chi connectivity index (χ3v) is 1.69. The first-order chi connectivity index (χ1) is 5.42. The maximum atomic E-state index is 8.84. The SMILES string of the molecule is CC.CN(C)CCNS(C)(O)O. The van der Waals surface area contributed by atoms with E-state index in [0.717, 1.165) is 6.54 Å². The predicted molar refractivity (Wildman–Crippen MR) is 56.7 cm³/mol. The molecule has 0 amide bonds. The van der Waals surface area contributed by atoms with Gasteiger partial charge in [-0.1, -0.05) is 13.8 Å². The Morgan fingerprint density at radius 2 is 1.67 bits per heavy atom. The van der Waals surface area contributed by atoms with Gasteiger partial charge in [-0.05, 0) is 14.1 Å². The van der Waals surface area contributed by atoms with Gasteiger partial charge in [0.05, 0.1) is 0 Å². The molecule has 0 aliphatic heterocycles. The van der Waals surface area contributed by atoms with Gasteiger partial charge in [-0.2, -0.15) is 0 Å². The van der Waals surface area contributed by atoms with E-state index in [0.29, 0.717) is 6.54 Å². The minimum Gasteiger partial charge on any atom is -0.308 e. The van der Waals surface area contributed by atoms with Crippen LogP contribution in [0.1, 0.15) is 13.8 Å². The summed E-state index contributed by atoms with van der Waals surface area (Å²) in [6, 6.07) is 0. The van der Waals surface area contributed by atoms with Crippen LogP contribution in [0.4, 0.5) is 0 Å². The maximum absolute atomic E-state index is 8.84. The van der Waals surface area contributed by atoms with Gasteiger partial charge in [0.25, 0.3) is 0 Å². The van der Waals surface area contributed by atoms with E-state index in [1.807, 2.05) is 32.8 Å². The topological polar surface area (TPSA) is 55.7 Å². The largest absolute Gasteiger partial charge is 0.308 e. The van der Waals surface area contributed by atoms with Crippen LogP contribution in [0.15, 0.2) is 0 Å². The van der Waals surface area contributed by atoms with E-state index in [-0.39, 0.29) is 0 Å². The van der Waals surface area contributed by atoms with Gasteiger partial charge in [-0.15, -0.1) is 10.8 Å². The van der Waals surface area contributed by atoms with Gasteiger partial charge in [0.15, 0.2) is 0 Å². The standard InChI is InChI=1S/C5H16N2O2S.C2H6/c1-7(2)5-4-6-10(3,8)9;1-2/h6,8-9H,4-5H2,1-3H3;1-2H3. The third-order valence-electron chi connectivity index (χ3n) is 0.935. The van der Waals surface area contributed by atoms with Gasteiger partial charge < -0.3 is 4.90 Å². The van der Waals surface area contributed by atoms with E-state index in [1.165, 1.54) is 6.26 Å². The zero-order valence-corrected chi connectivity index (χ0v) is 9.48. The molecule has 0 radical (unpaired) electrons. The molecule has 0 aromatic rings. The molecule has 0 aliphatic carbocycles. The Hall–Kier alpha value is 0.190. The summed E-state index contributed by atoms with van der Waals surface area (Å²) in [7, 11) is 1.37. The first-order valence-electron chi connectivity index (χ1n) is 4.04. The quantitative estimate of drug-likeness (QED) is 0.640. The van der Waals surface area contributed by atoms with Gasteiger partial charge >= 0.3 is 0 Å². The molecule has 0 bridgehead atoms. The number of nitrogens with zero attached hydrogens (tertiary/aromatic N) is 1. The van der Waals surface area contributed by atoms with Crippen molar-refractivity contribution in [1.82, 2.24) is 9.62 Å². The fraction of sp³-hybridized carbons (Fsp3) is 1.00. The lowest BCUT2D eigenvalue weighted by Gasteiger charge is -2.28. The van der Waals surface area contributed by atoms with Crippen molar-refractivity contribution in [2.24, 2.45) is 0 Å². The van der Waals surface area contributed by atoms with Crippen LogP contribution >= 0.6 is 10.8 Å². The van der Waals surface area contributed by atoms with Gasteiger partial charge in [0.2, 0.25) is 0 Å². The molecule has 78 valence electrons. The summed E-state index contributed by atoms with van der Waals surface area (Å²) in [6.07, 6.45) is 1.38. The zero-order valence-electron chi connectivity index (χ0n) is 8.66. The van der Waals surface area contributed by atoms with Crippen LogP contribution in [0.3, 0.4) is 0 Å². The lowest BCUT2D eigenvalue weighted by Crippen LogP contribution is -2.28. The van der Waals surface area contributed by atoms with Gasteiger partial charge in [-0.25, -0.2) is 4.72 Å². The molecular weight excluding hydrogens is 176 g/mol. The summed E-state index contributed by atoms with van der Waals surface area (Å²) in [5.41, 5.74) is 0. The predicted octanol–water partition coefficient (Wildman–Crippen LogP) is 1.46. The van der Waals surface area contributed by atoms with Crippen LogP contribution in [0.2, 0.25) is 0 Å². The van der Waals surface area contributed by atoms with Crippen molar-refractivity contribution < 1.29 is 9.11 Å². The van der Waals surface area contributed by atoms with Crippen LogP contribution in [0, 0.1) is 0 Å². The molecule has 0 heterocycles. The zero-order chi connectivity index (χ0) is 10.2. The Morgan fingerprint density at radius 3 is 1.92 bits per heavy atom. The molecule has 5 heteroatoms. The molecule has 12 heavy (non-hydrogen) atoms. The highest BCUT2D eigenvalue weighted by molar-refractivity contribution is 8.22. The minimum atomic E-state index is -2.50. The van der Waals surface area contributed by atoms with Crippen molar-refractivity contribution in [3.05, 3.63) is 0 Å². The molecule has 0 fully saturated rings. The van der Waals surface area contributed by atoms with Crippen molar-refractivity contribution in [3.63, 3.8) is 0 Å². The van der Waals surface area contributed by atoms with E-state index in [2.05, 4.69) is 4.72 Å². The molecule has 0 saturated carbocycles. The van der Waals surface area contributed by atoms with Crippen LogP contribution in [-0.2, 0) is 0 Å². The first-order valence-corrected chi connectivity index (χ1v) is 6.00. The normalized spacial score (nSPS) is 12.3. The maximum Gasteiger partial charge on any atom is 0.0416 e. The highest BCUT2D eigenvalue weighted by atomic mass is 32.3. The average Bonchev–Trinajstić information content (AvgIpc) is 1.88. The molecular formula is C7H22N2O2S. The Labute approximate surface area is 77.4 Å². The molecule has 0 rings (SSSR count). The van der Waals surface area contributed by atoms with E-state index in [1.54, 1.807) is 0 Å². The second-order valence-corrected chi connectivity index (χ2v) is 4.49. The lowest BCUT2D eigenvalue weighted by molar-refractivity contribution is 0.404. The molecule has 3 N–H and O–H groups in total. The van der Waals surface area contributed by atoms with Crippen molar-refractivity contribution in [3.8, 4) is 0 Å². The van der Waals surface area contributed by atoms with E-state index >= 15 is 0 Å². The molecule has 0 aromatic carbocycles.